The third kappa shape index (κ3) is 3.32. The van der Waals surface area contributed by atoms with Crippen LogP contribution in [-0.2, 0) is 4.79 Å². The van der Waals surface area contributed by atoms with E-state index in [-0.39, 0.29) is 18.4 Å². The first kappa shape index (κ1) is 13.5. The molecule has 102 valence electrons. The van der Waals surface area contributed by atoms with Gasteiger partial charge in [0.2, 0.25) is 5.91 Å². The molecule has 1 aromatic carbocycles. The maximum atomic E-state index is 12.3. The fraction of sp³-hybridized carbons (Fsp3) is 0.429. The van der Waals surface area contributed by atoms with Crippen LogP contribution < -0.4 is 5.73 Å². The molecule has 1 aromatic rings. The van der Waals surface area contributed by atoms with E-state index in [2.05, 4.69) is 0 Å². The van der Waals surface area contributed by atoms with E-state index >= 15 is 0 Å². The van der Waals surface area contributed by atoms with Gasteiger partial charge in [-0.25, -0.2) is 0 Å². The number of carbonyl (C=O) groups is 2. The van der Waals surface area contributed by atoms with Crippen molar-refractivity contribution in [2.45, 2.75) is 6.42 Å². The molecule has 0 radical (unpaired) electrons. The van der Waals surface area contributed by atoms with Crippen LogP contribution >= 0.6 is 0 Å². The third-order valence-corrected chi connectivity index (χ3v) is 3.33. The van der Waals surface area contributed by atoms with E-state index in [1.54, 1.807) is 9.80 Å². The van der Waals surface area contributed by atoms with Crippen molar-refractivity contribution in [2.24, 2.45) is 5.73 Å². The van der Waals surface area contributed by atoms with Gasteiger partial charge in [0.15, 0.2) is 0 Å². The quantitative estimate of drug-likeness (QED) is 0.833. The molecule has 0 bridgehead atoms. The van der Waals surface area contributed by atoms with Crippen LogP contribution in [0.1, 0.15) is 16.8 Å². The summed E-state index contributed by atoms with van der Waals surface area (Å²) in [7, 11) is 0. The van der Waals surface area contributed by atoms with E-state index in [4.69, 9.17) is 5.73 Å². The Bertz CT molecular complexity index is 447. The highest BCUT2D eigenvalue weighted by Gasteiger charge is 2.21. The minimum Gasteiger partial charge on any atom is -0.340 e. The standard InChI is InChI=1S/C14H19N3O2/c15-11-13(18)16-7-4-8-17(10-9-16)14(19)12-5-2-1-3-6-12/h1-3,5-6H,4,7-11,15H2. The minimum atomic E-state index is -0.0472. The molecular weight excluding hydrogens is 242 g/mol. The Labute approximate surface area is 113 Å². The predicted octanol–water partition coefficient (Wildman–Crippen LogP) is 0.320. The van der Waals surface area contributed by atoms with Crippen molar-refractivity contribution in [2.75, 3.05) is 32.7 Å². The van der Waals surface area contributed by atoms with Crippen molar-refractivity contribution in [3.05, 3.63) is 35.9 Å². The third-order valence-electron chi connectivity index (χ3n) is 3.33. The Morgan fingerprint density at radius 3 is 2.32 bits per heavy atom. The Morgan fingerprint density at radius 2 is 1.63 bits per heavy atom. The molecule has 2 N–H and O–H groups in total. The summed E-state index contributed by atoms with van der Waals surface area (Å²) in [6.45, 7) is 2.53. The van der Waals surface area contributed by atoms with Crippen LogP contribution in [0.3, 0.4) is 0 Å². The van der Waals surface area contributed by atoms with Gasteiger partial charge in [0.05, 0.1) is 6.54 Å². The lowest BCUT2D eigenvalue weighted by Gasteiger charge is -2.21. The lowest BCUT2D eigenvalue weighted by Crippen LogP contribution is -2.39. The molecule has 5 heteroatoms. The van der Waals surface area contributed by atoms with Gasteiger partial charge in [-0.1, -0.05) is 18.2 Å². The average Bonchev–Trinajstić information content (AvgIpc) is 2.72. The average molecular weight is 261 g/mol. The first-order valence-corrected chi connectivity index (χ1v) is 6.54. The van der Waals surface area contributed by atoms with E-state index in [9.17, 15) is 9.59 Å². The largest absolute Gasteiger partial charge is 0.340 e. The van der Waals surface area contributed by atoms with Crippen LogP contribution in [0.4, 0.5) is 0 Å². The molecule has 2 amide bonds. The summed E-state index contributed by atoms with van der Waals surface area (Å²) in [5, 5.41) is 0. The van der Waals surface area contributed by atoms with Crippen molar-refractivity contribution in [1.29, 1.82) is 0 Å². The zero-order valence-electron chi connectivity index (χ0n) is 10.9. The van der Waals surface area contributed by atoms with Crippen LogP contribution in [0, 0.1) is 0 Å². The van der Waals surface area contributed by atoms with Gasteiger partial charge in [0.1, 0.15) is 0 Å². The molecule has 1 saturated heterocycles. The Balaban J connectivity index is 2.00. The second-order valence-corrected chi connectivity index (χ2v) is 4.60. The van der Waals surface area contributed by atoms with Gasteiger partial charge < -0.3 is 15.5 Å². The van der Waals surface area contributed by atoms with E-state index in [1.165, 1.54) is 0 Å². The summed E-state index contributed by atoms with van der Waals surface area (Å²) in [5.74, 6) is -0.0170. The summed E-state index contributed by atoms with van der Waals surface area (Å²) < 4.78 is 0. The molecule has 0 aromatic heterocycles. The number of carbonyl (C=O) groups excluding carboxylic acids is 2. The van der Waals surface area contributed by atoms with Gasteiger partial charge in [-0.2, -0.15) is 0 Å². The molecule has 1 aliphatic heterocycles. The maximum absolute atomic E-state index is 12.3. The lowest BCUT2D eigenvalue weighted by molar-refractivity contribution is -0.129. The molecule has 0 aliphatic carbocycles. The molecule has 19 heavy (non-hydrogen) atoms. The van der Waals surface area contributed by atoms with Gasteiger partial charge in [-0.05, 0) is 18.6 Å². The monoisotopic (exact) mass is 261 g/mol. The number of amides is 2. The molecule has 1 fully saturated rings. The number of rotatable bonds is 2. The van der Waals surface area contributed by atoms with Crippen LogP contribution in [-0.4, -0.2) is 54.3 Å². The van der Waals surface area contributed by atoms with Gasteiger partial charge in [-0.3, -0.25) is 9.59 Å². The Hall–Kier alpha value is -1.88. The highest BCUT2D eigenvalue weighted by atomic mass is 16.2. The summed E-state index contributed by atoms with van der Waals surface area (Å²) in [6, 6.07) is 9.23. The lowest BCUT2D eigenvalue weighted by atomic mass is 10.2. The molecule has 5 nitrogen and oxygen atoms in total. The van der Waals surface area contributed by atoms with Crippen LogP contribution in [0.2, 0.25) is 0 Å². The highest BCUT2D eigenvalue weighted by Crippen LogP contribution is 2.09. The zero-order valence-corrected chi connectivity index (χ0v) is 10.9. The van der Waals surface area contributed by atoms with Gasteiger partial charge in [-0.15, -0.1) is 0 Å². The molecule has 2 rings (SSSR count). The van der Waals surface area contributed by atoms with E-state index in [1.807, 2.05) is 30.3 Å². The van der Waals surface area contributed by atoms with Crippen LogP contribution in [0.25, 0.3) is 0 Å². The molecule has 0 atom stereocenters. The van der Waals surface area contributed by atoms with Gasteiger partial charge in [0, 0.05) is 31.7 Å². The number of nitrogens with two attached hydrogens (primary N) is 1. The summed E-state index contributed by atoms with van der Waals surface area (Å²) >= 11 is 0. The number of benzene rings is 1. The van der Waals surface area contributed by atoms with Crippen molar-refractivity contribution < 1.29 is 9.59 Å². The van der Waals surface area contributed by atoms with Crippen molar-refractivity contribution in [3.8, 4) is 0 Å². The minimum absolute atomic E-state index is 0.0302. The smallest absolute Gasteiger partial charge is 0.253 e. The molecule has 0 unspecified atom stereocenters. The van der Waals surface area contributed by atoms with Crippen LogP contribution in [0.5, 0.6) is 0 Å². The topological polar surface area (TPSA) is 66.6 Å². The predicted molar refractivity (Wildman–Crippen MR) is 72.6 cm³/mol. The van der Waals surface area contributed by atoms with Gasteiger partial charge >= 0.3 is 0 Å². The normalized spacial score (nSPS) is 16.1. The molecule has 0 spiro atoms. The van der Waals surface area contributed by atoms with E-state index < -0.39 is 0 Å². The second-order valence-electron chi connectivity index (χ2n) is 4.60. The fourth-order valence-electron chi connectivity index (χ4n) is 2.26. The fourth-order valence-corrected chi connectivity index (χ4v) is 2.26. The molecule has 1 aliphatic rings. The zero-order chi connectivity index (χ0) is 13.7. The molecular formula is C14H19N3O2. The van der Waals surface area contributed by atoms with Gasteiger partial charge in [0.25, 0.3) is 5.91 Å². The number of nitrogens with zero attached hydrogens (tertiary/aromatic N) is 2. The highest BCUT2D eigenvalue weighted by molar-refractivity contribution is 5.94. The number of hydrogen-bond donors (Lipinski definition) is 1. The Kier molecular flexibility index (Phi) is 4.52. The summed E-state index contributed by atoms with van der Waals surface area (Å²) in [6.07, 6.45) is 0.796. The van der Waals surface area contributed by atoms with Crippen molar-refractivity contribution in [1.82, 2.24) is 9.80 Å². The first-order chi connectivity index (χ1) is 9.22. The second kappa shape index (κ2) is 6.33. The van der Waals surface area contributed by atoms with E-state index in [0.717, 1.165) is 6.42 Å². The van der Waals surface area contributed by atoms with Crippen molar-refractivity contribution >= 4 is 11.8 Å². The summed E-state index contributed by atoms with van der Waals surface area (Å²) in [4.78, 5) is 27.4. The molecule has 1 heterocycles. The van der Waals surface area contributed by atoms with Crippen molar-refractivity contribution in [3.63, 3.8) is 0 Å². The number of hydrogen-bond acceptors (Lipinski definition) is 3. The summed E-state index contributed by atoms with van der Waals surface area (Å²) in [5.41, 5.74) is 6.06. The first-order valence-electron chi connectivity index (χ1n) is 6.54. The molecule has 0 saturated carbocycles. The Morgan fingerprint density at radius 1 is 1.00 bits per heavy atom. The van der Waals surface area contributed by atoms with E-state index in [0.29, 0.717) is 31.7 Å². The van der Waals surface area contributed by atoms with Crippen LogP contribution in [0.15, 0.2) is 30.3 Å². The SMILES string of the molecule is NCC(=O)N1CCCN(C(=O)c2ccccc2)CC1. The maximum Gasteiger partial charge on any atom is 0.253 e.